The van der Waals surface area contributed by atoms with Crippen molar-refractivity contribution < 1.29 is 9.47 Å². The molecule has 0 spiro atoms. The van der Waals surface area contributed by atoms with Gasteiger partial charge in [0.1, 0.15) is 0 Å². The molecule has 0 amide bonds. The van der Waals surface area contributed by atoms with Crippen LogP contribution in [-0.2, 0) is 0 Å². The Bertz CT molecular complexity index is 432. The minimum absolute atomic E-state index is 0.312. The van der Waals surface area contributed by atoms with Crippen LogP contribution in [0.15, 0.2) is 12.1 Å². The van der Waals surface area contributed by atoms with Gasteiger partial charge in [0.15, 0.2) is 11.5 Å². The zero-order chi connectivity index (χ0) is 13.3. The highest BCUT2D eigenvalue weighted by atomic mass is 16.7. The van der Waals surface area contributed by atoms with E-state index in [-0.39, 0.29) is 0 Å². The monoisotopic (exact) mass is 250 g/mol. The zero-order valence-electron chi connectivity index (χ0n) is 11.6. The van der Waals surface area contributed by atoms with Crippen LogP contribution >= 0.6 is 0 Å². The standard InChI is InChI=1S/C14H22N2O2/c1-9(2)12(7-15)16(4)11-6-14-13(5-10(11)3)17-8-18-14/h5-6,9,12H,7-8,15H2,1-4H3. The number of benzene rings is 1. The molecule has 0 bridgehead atoms. The van der Waals surface area contributed by atoms with Crippen molar-refractivity contribution in [3.63, 3.8) is 0 Å². The number of likely N-dealkylation sites (N-methyl/N-ethyl adjacent to an activating group) is 1. The third kappa shape index (κ3) is 2.25. The molecule has 0 saturated carbocycles. The van der Waals surface area contributed by atoms with E-state index in [1.165, 1.54) is 5.56 Å². The topological polar surface area (TPSA) is 47.7 Å². The van der Waals surface area contributed by atoms with Gasteiger partial charge in [-0.1, -0.05) is 13.8 Å². The molecule has 0 aliphatic carbocycles. The number of hydrogen-bond acceptors (Lipinski definition) is 4. The molecule has 0 saturated heterocycles. The van der Waals surface area contributed by atoms with Crippen LogP contribution in [0.5, 0.6) is 11.5 Å². The smallest absolute Gasteiger partial charge is 0.231 e. The Labute approximate surface area is 109 Å². The third-order valence-electron chi connectivity index (χ3n) is 3.58. The number of rotatable bonds is 4. The van der Waals surface area contributed by atoms with E-state index in [1.807, 2.05) is 12.1 Å². The Morgan fingerprint density at radius 1 is 1.28 bits per heavy atom. The number of nitrogens with two attached hydrogens (primary N) is 1. The van der Waals surface area contributed by atoms with Gasteiger partial charge in [0.25, 0.3) is 0 Å². The number of anilines is 1. The molecular weight excluding hydrogens is 228 g/mol. The summed E-state index contributed by atoms with van der Waals surface area (Å²) >= 11 is 0. The predicted octanol–water partition coefficient (Wildman–Crippen LogP) is 2.14. The first-order chi connectivity index (χ1) is 8.54. The Balaban J connectivity index is 2.32. The minimum Gasteiger partial charge on any atom is -0.454 e. The van der Waals surface area contributed by atoms with E-state index < -0.39 is 0 Å². The number of nitrogens with zero attached hydrogens (tertiary/aromatic N) is 1. The molecule has 1 aromatic rings. The summed E-state index contributed by atoms with van der Waals surface area (Å²) in [5.74, 6) is 2.16. The number of hydrogen-bond donors (Lipinski definition) is 1. The van der Waals surface area contributed by atoms with Crippen molar-refractivity contribution in [2.75, 3.05) is 25.3 Å². The molecule has 0 aromatic heterocycles. The van der Waals surface area contributed by atoms with Crippen molar-refractivity contribution in [3.05, 3.63) is 17.7 Å². The maximum absolute atomic E-state index is 5.88. The first-order valence-corrected chi connectivity index (χ1v) is 6.37. The second-order valence-electron chi connectivity index (χ2n) is 5.15. The first kappa shape index (κ1) is 13.0. The normalized spacial score (nSPS) is 15.0. The Hall–Kier alpha value is -1.42. The van der Waals surface area contributed by atoms with E-state index in [2.05, 4.69) is 32.7 Å². The average Bonchev–Trinajstić information content (AvgIpc) is 2.75. The lowest BCUT2D eigenvalue weighted by atomic mass is 10.0. The molecular formula is C14H22N2O2. The summed E-state index contributed by atoms with van der Waals surface area (Å²) in [6, 6.07) is 4.40. The quantitative estimate of drug-likeness (QED) is 0.889. The van der Waals surface area contributed by atoms with Gasteiger partial charge in [0.05, 0.1) is 0 Å². The van der Waals surface area contributed by atoms with Gasteiger partial charge in [-0.2, -0.15) is 0 Å². The first-order valence-electron chi connectivity index (χ1n) is 6.37. The molecule has 0 fully saturated rings. The minimum atomic E-state index is 0.312. The molecule has 4 heteroatoms. The molecule has 2 N–H and O–H groups in total. The van der Waals surface area contributed by atoms with Crippen LogP contribution in [0.2, 0.25) is 0 Å². The maximum Gasteiger partial charge on any atom is 0.231 e. The Morgan fingerprint density at radius 3 is 2.44 bits per heavy atom. The van der Waals surface area contributed by atoms with E-state index >= 15 is 0 Å². The molecule has 100 valence electrons. The molecule has 1 aliphatic rings. The molecule has 1 atom stereocenters. The fourth-order valence-corrected chi connectivity index (χ4v) is 2.47. The fraction of sp³-hybridized carbons (Fsp3) is 0.571. The van der Waals surface area contributed by atoms with E-state index in [1.54, 1.807) is 0 Å². The lowest BCUT2D eigenvalue weighted by molar-refractivity contribution is 0.174. The second kappa shape index (κ2) is 5.06. The van der Waals surface area contributed by atoms with Crippen molar-refractivity contribution in [2.24, 2.45) is 11.7 Å². The highest BCUT2D eigenvalue weighted by molar-refractivity contribution is 5.62. The van der Waals surface area contributed by atoms with Crippen LogP contribution in [0.4, 0.5) is 5.69 Å². The van der Waals surface area contributed by atoms with Crippen LogP contribution in [0.25, 0.3) is 0 Å². The highest BCUT2D eigenvalue weighted by Crippen LogP contribution is 2.38. The molecule has 1 aromatic carbocycles. The summed E-state index contributed by atoms with van der Waals surface area (Å²) in [6.07, 6.45) is 0. The lowest BCUT2D eigenvalue weighted by Gasteiger charge is -2.33. The Morgan fingerprint density at radius 2 is 1.89 bits per heavy atom. The molecule has 0 radical (unpaired) electrons. The van der Waals surface area contributed by atoms with E-state index in [0.717, 1.165) is 17.2 Å². The lowest BCUT2D eigenvalue weighted by Crippen LogP contribution is -2.42. The van der Waals surface area contributed by atoms with Gasteiger partial charge < -0.3 is 20.1 Å². The summed E-state index contributed by atoms with van der Waals surface area (Å²) in [6.45, 7) is 7.42. The molecule has 1 heterocycles. The van der Waals surface area contributed by atoms with Crippen LogP contribution in [0.3, 0.4) is 0 Å². The van der Waals surface area contributed by atoms with E-state index in [4.69, 9.17) is 15.2 Å². The molecule has 1 unspecified atom stereocenters. The Kier molecular flexibility index (Phi) is 3.66. The van der Waals surface area contributed by atoms with E-state index in [0.29, 0.717) is 25.3 Å². The number of fused-ring (bicyclic) bond motifs is 1. The largest absolute Gasteiger partial charge is 0.454 e. The summed E-state index contributed by atoms with van der Waals surface area (Å²) in [5, 5.41) is 0. The predicted molar refractivity (Wildman–Crippen MR) is 73.4 cm³/mol. The van der Waals surface area contributed by atoms with Crippen LogP contribution in [0, 0.1) is 12.8 Å². The van der Waals surface area contributed by atoms with Gasteiger partial charge in [-0.3, -0.25) is 0 Å². The van der Waals surface area contributed by atoms with Crippen molar-refractivity contribution in [1.82, 2.24) is 0 Å². The molecule has 2 rings (SSSR count). The summed E-state index contributed by atoms with van der Waals surface area (Å²) in [7, 11) is 2.09. The van der Waals surface area contributed by atoms with Gasteiger partial charge in [-0.15, -0.1) is 0 Å². The zero-order valence-corrected chi connectivity index (χ0v) is 11.6. The van der Waals surface area contributed by atoms with Crippen molar-refractivity contribution >= 4 is 5.69 Å². The van der Waals surface area contributed by atoms with Crippen molar-refractivity contribution in [2.45, 2.75) is 26.8 Å². The van der Waals surface area contributed by atoms with Crippen LogP contribution in [0.1, 0.15) is 19.4 Å². The summed E-state index contributed by atoms with van der Waals surface area (Å²) < 4.78 is 10.8. The summed E-state index contributed by atoms with van der Waals surface area (Å²) in [4.78, 5) is 2.24. The third-order valence-corrected chi connectivity index (χ3v) is 3.58. The average molecular weight is 250 g/mol. The molecule has 4 nitrogen and oxygen atoms in total. The van der Waals surface area contributed by atoms with Crippen molar-refractivity contribution in [1.29, 1.82) is 0 Å². The van der Waals surface area contributed by atoms with Gasteiger partial charge in [0, 0.05) is 31.4 Å². The number of aryl methyl sites for hydroxylation is 1. The van der Waals surface area contributed by atoms with Crippen LogP contribution in [-0.4, -0.2) is 26.4 Å². The van der Waals surface area contributed by atoms with Gasteiger partial charge in [-0.25, -0.2) is 0 Å². The van der Waals surface area contributed by atoms with Crippen molar-refractivity contribution in [3.8, 4) is 11.5 Å². The molecule has 1 aliphatic heterocycles. The fourth-order valence-electron chi connectivity index (χ4n) is 2.47. The van der Waals surface area contributed by atoms with Gasteiger partial charge in [-0.05, 0) is 24.5 Å². The SMILES string of the molecule is Cc1cc2c(cc1N(C)C(CN)C(C)C)OCO2. The van der Waals surface area contributed by atoms with Gasteiger partial charge in [0.2, 0.25) is 6.79 Å². The molecule has 18 heavy (non-hydrogen) atoms. The van der Waals surface area contributed by atoms with Crippen LogP contribution < -0.4 is 20.1 Å². The maximum atomic E-state index is 5.88. The highest BCUT2D eigenvalue weighted by Gasteiger charge is 2.22. The van der Waals surface area contributed by atoms with Gasteiger partial charge >= 0.3 is 0 Å². The summed E-state index contributed by atoms with van der Waals surface area (Å²) in [5.41, 5.74) is 8.21. The van der Waals surface area contributed by atoms with E-state index in [9.17, 15) is 0 Å². The number of ether oxygens (including phenoxy) is 2. The second-order valence-corrected chi connectivity index (χ2v) is 5.15.